The molecule has 0 saturated carbocycles. The fraction of sp³-hybridized carbons (Fsp3) is 0.385. The molecular formula is C13H14N2O3. The molecule has 1 aliphatic rings. The fourth-order valence-electron chi connectivity index (χ4n) is 1.79. The van der Waals surface area contributed by atoms with Crippen LogP contribution in [0.3, 0.4) is 0 Å². The first-order valence-corrected chi connectivity index (χ1v) is 5.60. The number of rotatable bonds is 4. The van der Waals surface area contributed by atoms with E-state index in [4.69, 9.17) is 14.7 Å². The molecule has 1 aromatic rings. The van der Waals surface area contributed by atoms with Crippen molar-refractivity contribution in [2.75, 3.05) is 32.2 Å². The normalized spacial score (nSPS) is 16.2. The number of methoxy groups -OCH3 is 1. The Morgan fingerprint density at radius 1 is 1.50 bits per heavy atom. The fourth-order valence-corrected chi connectivity index (χ4v) is 1.79. The number of hydrogen-bond donors (Lipinski definition) is 1. The third kappa shape index (κ3) is 2.29. The van der Waals surface area contributed by atoms with E-state index in [0.717, 1.165) is 5.69 Å². The summed E-state index contributed by atoms with van der Waals surface area (Å²) in [4.78, 5) is 11.7. The van der Waals surface area contributed by atoms with Gasteiger partial charge in [0.1, 0.15) is 5.41 Å². The topological polar surface area (TPSA) is 71.3 Å². The molecule has 1 heterocycles. The summed E-state index contributed by atoms with van der Waals surface area (Å²) in [5.74, 6) is -0.255. The lowest BCUT2D eigenvalue weighted by Gasteiger charge is -2.38. The van der Waals surface area contributed by atoms with E-state index in [0.29, 0.717) is 25.3 Å². The van der Waals surface area contributed by atoms with Gasteiger partial charge in [-0.3, -0.25) is 4.79 Å². The summed E-state index contributed by atoms with van der Waals surface area (Å²) in [6, 6.07) is 9.12. The summed E-state index contributed by atoms with van der Waals surface area (Å²) in [7, 11) is 1.38. The van der Waals surface area contributed by atoms with E-state index in [1.54, 1.807) is 12.1 Å². The van der Waals surface area contributed by atoms with Crippen molar-refractivity contribution in [2.24, 2.45) is 5.41 Å². The van der Waals surface area contributed by atoms with E-state index >= 15 is 0 Å². The highest BCUT2D eigenvalue weighted by molar-refractivity contribution is 5.78. The van der Waals surface area contributed by atoms with Gasteiger partial charge in [-0.05, 0) is 24.3 Å². The van der Waals surface area contributed by atoms with E-state index in [-0.39, 0.29) is 5.97 Å². The zero-order valence-corrected chi connectivity index (χ0v) is 10.1. The molecule has 5 nitrogen and oxygen atoms in total. The third-order valence-electron chi connectivity index (χ3n) is 3.02. The van der Waals surface area contributed by atoms with Gasteiger partial charge >= 0.3 is 5.97 Å². The number of carbonyl (C=O) groups is 1. The van der Waals surface area contributed by atoms with Crippen molar-refractivity contribution in [3.63, 3.8) is 0 Å². The van der Waals surface area contributed by atoms with Crippen LogP contribution in [0.1, 0.15) is 5.56 Å². The first-order chi connectivity index (χ1) is 8.70. The van der Waals surface area contributed by atoms with E-state index in [2.05, 4.69) is 11.4 Å². The van der Waals surface area contributed by atoms with Gasteiger partial charge in [0.15, 0.2) is 0 Å². The van der Waals surface area contributed by atoms with Gasteiger partial charge in [-0.1, -0.05) is 0 Å². The molecule has 0 unspecified atom stereocenters. The Labute approximate surface area is 105 Å². The molecule has 0 atom stereocenters. The number of carbonyl (C=O) groups excluding carboxylic acids is 1. The quantitative estimate of drug-likeness (QED) is 0.807. The molecule has 1 N–H and O–H groups in total. The van der Waals surface area contributed by atoms with Crippen molar-refractivity contribution in [3.05, 3.63) is 29.8 Å². The van der Waals surface area contributed by atoms with Gasteiger partial charge < -0.3 is 14.8 Å². The van der Waals surface area contributed by atoms with Crippen LogP contribution in [-0.2, 0) is 14.3 Å². The number of benzene rings is 1. The van der Waals surface area contributed by atoms with Gasteiger partial charge in [-0.25, -0.2) is 0 Å². The number of ether oxygens (including phenoxy) is 2. The number of anilines is 1. The van der Waals surface area contributed by atoms with Gasteiger partial charge in [0, 0.05) is 12.2 Å². The molecule has 0 spiro atoms. The molecule has 5 heteroatoms. The molecular weight excluding hydrogens is 232 g/mol. The minimum absolute atomic E-state index is 0.255. The van der Waals surface area contributed by atoms with Gasteiger partial charge in [0.25, 0.3) is 0 Å². The summed E-state index contributed by atoms with van der Waals surface area (Å²) in [5.41, 5.74) is 0.891. The Bertz CT molecular complexity index is 472. The number of esters is 1. The molecule has 0 amide bonds. The summed E-state index contributed by atoms with van der Waals surface area (Å²) >= 11 is 0. The van der Waals surface area contributed by atoms with Crippen LogP contribution in [-0.4, -0.2) is 32.8 Å². The molecule has 1 saturated heterocycles. The lowest BCUT2D eigenvalue weighted by molar-refractivity contribution is -0.180. The first-order valence-electron chi connectivity index (χ1n) is 5.60. The van der Waals surface area contributed by atoms with Gasteiger partial charge in [0.2, 0.25) is 0 Å². The van der Waals surface area contributed by atoms with Crippen molar-refractivity contribution in [2.45, 2.75) is 0 Å². The van der Waals surface area contributed by atoms with Crippen molar-refractivity contribution >= 4 is 11.7 Å². The third-order valence-corrected chi connectivity index (χ3v) is 3.02. The molecule has 0 aromatic heterocycles. The monoisotopic (exact) mass is 246 g/mol. The predicted octanol–water partition coefficient (Wildman–Crippen LogP) is 1.16. The van der Waals surface area contributed by atoms with Crippen molar-refractivity contribution in [1.29, 1.82) is 5.26 Å². The minimum Gasteiger partial charge on any atom is -0.468 e. The largest absolute Gasteiger partial charge is 0.468 e. The molecule has 94 valence electrons. The van der Waals surface area contributed by atoms with E-state index in [1.165, 1.54) is 7.11 Å². The number of nitriles is 1. The van der Waals surface area contributed by atoms with Crippen LogP contribution in [0.5, 0.6) is 0 Å². The summed E-state index contributed by atoms with van der Waals surface area (Å²) in [5, 5.41) is 11.9. The second-order valence-electron chi connectivity index (χ2n) is 4.31. The predicted molar refractivity (Wildman–Crippen MR) is 64.9 cm³/mol. The smallest absolute Gasteiger partial charge is 0.318 e. The molecule has 0 aliphatic carbocycles. The Morgan fingerprint density at radius 3 is 2.61 bits per heavy atom. The first kappa shape index (κ1) is 12.4. The lowest BCUT2D eigenvalue weighted by Crippen LogP contribution is -2.54. The Balaban J connectivity index is 1.98. The van der Waals surface area contributed by atoms with Crippen molar-refractivity contribution < 1.29 is 14.3 Å². The second-order valence-corrected chi connectivity index (χ2v) is 4.31. The maximum Gasteiger partial charge on any atom is 0.318 e. The van der Waals surface area contributed by atoms with Crippen LogP contribution in [0.2, 0.25) is 0 Å². The van der Waals surface area contributed by atoms with Gasteiger partial charge in [0.05, 0.1) is 32.0 Å². The highest BCUT2D eigenvalue weighted by atomic mass is 16.5. The number of hydrogen-bond acceptors (Lipinski definition) is 5. The molecule has 1 aromatic carbocycles. The highest BCUT2D eigenvalue weighted by Crippen LogP contribution is 2.29. The molecule has 2 rings (SSSR count). The van der Waals surface area contributed by atoms with Crippen LogP contribution in [0.15, 0.2) is 24.3 Å². The molecule has 18 heavy (non-hydrogen) atoms. The van der Waals surface area contributed by atoms with E-state index < -0.39 is 5.41 Å². The average molecular weight is 246 g/mol. The van der Waals surface area contributed by atoms with Crippen molar-refractivity contribution in [3.8, 4) is 6.07 Å². The van der Waals surface area contributed by atoms with Crippen molar-refractivity contribution in [1.82, 2.24) is 0 Å². The SMILES string of the molecule is COC(=O)C1(CNc2ccc(C#N)cc2)COC1. The van der Waals surface area contributed by atoms with E-state index in [1.807, 2.05) is 12.1 Å². The molecule has 0 bridgehead atoms. The molecule has 0 radical (unpaired) electrons. The molecule has 1 fully saturated rings. The van der Waals surface area contributed by atoms with Crippen LogP contribution in [0.4, 0.5) is 5.69 Å². The summed E-state index contributed by atoms with van der Waals surface area (Å²) in [6.07, 6.45) is 0. The van der Waals surface area contributed by atoms with Gasteiger partial charge in [-0.15, -0.1) is 0 Å². The zero-order valence-electron chi connectivity index (χ0n) is 10.1. The summed E-state index contributed by atoms with van der Waals surface area (Å²) < 4.78 is 9.88. The van der Waals surface area contributed by atoms with Crippen LogP contribution >= 0.6 is 0 Å². The highest BCUT2D eigenvalue weighted by Gasteiger charge is 2.47. The maximum atomic E-state index is 11.7. The van der Waals surface area contributed by atoms with E-state index in [9.17, 15) is 4.79 Å². The second kappa shape index (κ2) is 5.07. The zero-order chi connectivity index (χ0) is 13.0. The van der Waals surface area contributed by atoms with Crippen LogP contribution in [0, 0.1) is 16.7 Å². The average Bonchev–Trinajstić information content (AvgIpc) is 2.37. The lowest BCUT2D eigenvalue weighted by atomic mass is 9.86. The molecule has 1 aliphatic heterocycles. The minimum atomic E-state index is -0.581. The van der Waals surface area contributed by atoms with Crippen LogP contribution in [0.25, 0.3) is 0 Å². The summed E-state index contributed by atoms with van der Waals surface area (Å²) in [6.45, 7) is 1.22. The van der Waals surface area contributed by atoms with Crippen LogP contribution < -0.4 is 5.32 Å². The Kier molecular flexibility index (Phi) is 3.49. The number of nitrogens with one attached hydrogen (secondary N) is 1. The number of nitrogens with zero attached hydrogens (tertiary/aromatic N) is 1. The Hall–Kier alpha value is -2.06. The van der Waals surface area contributed by atoms with Gasteiger partial charge in [-0.2, -0.15) is 5.26 Å². The Morgan fingerprint density at radius 2 is 2.17 bits per heavy atom. The standard InChI is InChI=1S/C13H14N2O3/c1-17-12(16)13(8-18-9-13)7-15-11-4-2-10(6-14)3-5-11/h2-5,15H,7-9H2,1H3. The maximum absolute atomic E-state index is 11.7.